The van der Waals surface area contributed by atoms with Crippen molar-refractivity contribution < 1.29 is 4.79 Å². The van der Waals surface area contributed by atoms with Crippen molar-refractivity contribution in [3.05, 3.63) is 72.0 Å². The molecule has 32 heavy (non-hydrogen) atoms. The lowest BCUT2D eigenvalue weighted by molar-refractivity contribution is -0.116. The minimum Gasteiger partial charge on any atom is -0.310 e. The standard InChI is InChI=1S/C23H21BrN4O2S2/c24-14-7-5-13(6-8-14)11-15-12-31-23(25-15)28-19(29)10-9-18-26-21(30)20-16-3-1-2-4-17(16)32-22(20)27-18/h5-8,12H,1-4,9-11H2,(H,25,28,29)(H,26,27,30). The van der Waals surface area contributed by atoms with E-state index in [1.165, 1.54) is 28.2 Å². The molecular weight excluding hydrogens is 508 g/mol. The smallest absolute Gasteiger partial charge is 0.259 e. The summed E-state index contributed by atoms with van der Waals surface area (Å²) in [4.78, 5) is 39.2. The van der Waals surface area contributed by atoms with Gasteiger partial charge in [-0.25, -0.2) is 9.97 Å². The number of carbonyl (C=O) groups is 1. The van der Waals surface area contributed by atoms with Gasteiger partial charge in [0.2, 0.25) is 5.91 Å². The van der Waals surface area contributed by atoms with Gasteiger partial charge in [-0.3, -0.25) is 9.59 Å². The van der Waals surface area contributed by atoms with E-state index in [1.54, 1.807) is 11.3 Å². The molecule has 0 spiro atoms. The molecule has 0 radical (unpaired) electrons. The number of aromatic amines is 1. The highest BCUT2D eigenvalue weighted by molar-refractivity contribution is 9.10. The first kappa shape index (κ1) is 21.5. The Balaban J connectivity index is 1.21. The molecule has 0 aliphatic heterocycles. The molecule has 6 nitrogen and oxygen atoms in total. The summed E-state index contributed by atoms with van der Waals surface area (Å²) >= 11 is 6.48. The summed E-state index contributed by atoms with van der Waals surface area (Å²) in [5.74, 6) is 0.425. The number of hydrogen-bond donors (Lipinski definition) is 2. The number of aromatic nitrogens is 3. The van der Waals surface area contributed by atoms with Crippen molar-refractivity contribution in [2.75, 3.05) is 5.32 Å². The Morgan fingerprint density at radius 3 is 2.81 bits per heavy atom. The molecule has 4 aromatic rings. The van der Waals surface area contributed by atoms with Gasteiger partial charge in [0.25, 0.3) is 5.56 Å². The number of hydrogen-bond acceptors (Lipinski definition) is 6. The molecule has 0 fully saturated rings. The summed E-state index contributed by atoms with van der Waals surface area (Å²) in [6.45, 7) is 0. The zero-order valence-electron chi connectivity index (χ0n) is 17.2. The van der Waals surface area contributed by atoms with E-state index in [9.17, 15) is 9.59 Å². The van der Waals surface area contributed by atoms with Gasteiger partial charge in [0.15, 0.2) is 5.13 Å². The van der Waals surface area contributed by atoms with Crippen molar-refractivity contribution in [3.63, 3.8) is 0 Å². The number of nitrogens with zero attached hydrogens (tertiary/aromatic N) is 2. The number of rotatable bonds is 6. The third kappa shape index (κ3) is 4.69. The monoisotopic (exact) mass is 528 g/mol. The highest BCUT2D eigenvalue weighted by Gasteiger charge is 2.20. The van der Waals surface area contributed by atoms with Crippen LogP contribution in [0.1, 0.15) is 46.8 Å². The van der Waals surface area contributed by atoms with Crippen LogP contribution >= 0.6 is 38.6 Å². The summed E-state index contributed by atoms with van der Waals surface area (Å²) in [6, 6.07) is 8.11. The van der Waals surface area contributed by atoms with Gasteiger partial charge in [-0.05, 0) is 48.9 Å². The lowest BCUT2D eigenvalue weighted by Crippen LogP contribution is -2.16. The summed E-state index contributed by atoms with van der Waals surface area (Å²) < 4.78 is 1.04. The lowest BCUT2D eigenvalue weighted by atomic mass is 9.97. The molecule has 164 valence electrons. The second kappa shape index (κ2) is 9.25. The first-order chi connectivity index (χ1) is 15.5. The molecule has 0 unspecified atom stereocenters. The molecule has 0 bridgehead atoms. The highest BCUT2D eigenvalue weighted by atomic mass is 79.9. The Hall–Kier alpha value is -2.36. The van der Waals surface area contributed by atoms with Crippen LogP contribution in [0.15, 0.2) is 38.9 Å². The Morgan fingerprint density at radius 1 is 1.16 bits per heavy atom. The number of amides is 1. The molecule has 1 amide bonds. The number of thiophene rings is 1. The number of H-pyrrole nitrogens is 1. The van der Waals surface area contributed by atoms with E-state index in [-0.39, 0.29) is 17.9 Å². The van der Waals surface area contributed by atoms with E-state index in [1.807, 2.05) is 17.5 Å². The predicted octanol–water partition coefficient (Wildman–Crippen LogP) is 5.24. The number of halogens is 1. The Bertz CT molecular complexity index is 1340. The van der Waals surface area contributed by atoms with Gasteiger partial charge >= 0.3 is 0 Å². The maximum Gasteiger partial charge on any atom is 0.259 e. The third-order valence-electron chi connectivity index (χ3n) is 5.56. The van der Waals surface area contributed by atoms with Crippen LogP contribution in [0.4, 0.5) is 5.13 Å². The van der Waals surface area contributed by atoms with Gasteiger partial charge in [-0.2, -0.15) is 0 Å². The molecule has 1 aliphatic rings. The zero-order valence-corrected chi connectivity index (χ0v) is 20.5. The number of anilines is 1. The average Bonchev–Trinajstić information content (AvgIpc) is 3.38. The first-order valence-corrected chi connectivity index (χ1v) is 13.1. The Kier molecular flexibility index (Phi) is 6.21. The molecule has 1 aromatic carbocycles. The highest BCUT2D eigenvalue weighted by Crippen LogP contribution is 2.33. The van der Waals surface area contributed by atoms with Gasteiger partial charge in [0.05, 0.1) is 11.1 Å². The Morgan fingerprint density at radius 2 is 1.97 bits per heavy atom. The van der Waals surface area contributed by atoms with Crippen LogP contribution < -0.4 is 10.9 Å². The average molecular weight is 529 g/mol. The van der Waals surface area contributed by atoms with Crippen molar-refractivity contribution in [1.82, 2.24) is 15.0 Å². The number of aryl methyl sites for hydroxylation is 3. The number of carbonyl (C=O) groups excluding carboxylic acids is 1. The van der Waals surface area contributed by atoms with Crippen LogP contribution in [0.2, 0.25) is 0 Å². The molecular formula is C23H21BrN4O2S2. The van der Waals surface area contributed by atoms with E-state index < -0.39 is 0 Å². The SMILES string of the molecule is O=C(CCc1nc2sc3c(c2c(=O)[nH]1)CCCC3)Nc1nc(Cc2ccc(Br)cc2)cs1. The quantitative estimate of drug-likeness (QED) is 0.358. The fourth-order valence-electron chi connectivity index (χ4n) is 4.00. The summed E-state index contributed by atoms with van der Waals surface area (Å²) in [7, 11) is 0. The van der Waals surface area contributed by atoms with E-state index in [2.05, 4.69) is 48.3 Å². The van der Waals surface area contributed by atoms with Crippen molar-refractivity contribution in [3.8, 4) is 0 Å². The summed E-state index contributed by atoms with van der Waals surface area (Å²) in [5, 5.41) is 6.16. The minimum absolute atomic E-state index is 0.0812. The number of thiazole rings is 1. The number of benzene rings is 1. The van der Waals surface area contributed by atoms with Gasteiger partial charge < -0.3 is 10.3 Å². The maximum absolute atomic E-state index is 12.6. The minimum atomic E-state index is -0.136. The third-order valence-corrected chi connectivity index (χ3v) is 8.08. The summed E-state index contributed by atoms with van der Waals surface area (Å²) in [5.41, 5.74) is 3.18. The van der Waals surface area contributed by atoms with E-state index >= 15 is 0 Å². The van der Waals surface area contributed by atoms with Gasteiger partial charge in [0.1, 0.15) is 10.7 Å². The van der Waals surface area contributed by atoms with Gasteiger partial charge in [-0.15, -0.1) is 22.7 Å². The topological polar surface area (TPSA) is 87.7 Å². The van der Waals surface area contributed by atoms with Gasteiger partial charge in [0, 0.05) is 34.0 Å². The summed E-state index contributed by atoms with van der Waals surface area (Å²) in [6.07, 6.45) is 5.63. The van der Waals surface area contributed by atoms with Crippen molar-refractivity contribution >= 4 is 59.9 Å². The second-order valence-corrected chi connectivity index (χ2v) is 10.8. The first-order valence-electron chi connectivity index (χ1n) is 10.6. The van der Waals surface area contributed by atoms with Crippen molar-refractivity contribution in [2.45, 2.75) is 44.9 Å². The van der Waals surface area contributed by atoms with Gasteiger partial charge in [-0.1, -0.05) is 28.1 Å². The molecule has 3 aromatic heterocycles. The van der Waals surface area contributed by atoms with Crippen LogP contribution in [-0.4, -0.2) is 20.9 Å². The normalized spacial score (nSPS) is 13.3. The van der Waals surface area contributed by atoms with Crippen LogP contribution in [0.25, 0.3) is 10.2 Å². The van der Waals surface area contributed by atoms with Crippen LogP contribution in [0.5, 0.6) is 0 Å². The number of nitrogens with one attached hydrogen (secondary N) is 2. The van der Waals surface area contributed by atoms with Crippen molar-refractivity contribution in [1.29, 1.82) is 0 Å². The lowest BCUT2D eigenvalue weighted by Gasteiger charge is -2.09. The molecule has 0 saturated carbocycles. The molecule has 1 aliphatic carbocycles. The molecule has 0 saturated heterocycles. The molecule has 9 heteroatoms. The zero-order chi connectivity index (χ0) is 22.1. The number of fused-ring (bicyclic) bond motifs is 3. The molecule has 0 atom stereocenters. The maximum atomic E-state index is 12.6. The predicted molar refractivity (Wildman–Crippen MR) is 133 cm³/mol. The van der Waals surface area contributed by atoms with Crippen LogP contribution in [0, 0.1) is 0 Å². The van der Waals surface area contributed by atoms with Crippen molar-refractivity contribution in [2.24, 2.45) is 0 Å². The molecule has 5 rings (SSSR count). The Labute approximate surface area is 201 Å². The van der Waals surface area contributed by atoms with E-state index in [0.717, 1.165) is 51.6 Å². The van der Waals surface area contributed by atoms with Crippen LogP contribution in [0.3, 0.4) is 0 Å². The van der Waals surface area contributed by atoms with E-state index in [0.29, 0.717) is 17.4 Å². The molecule has 2 N–H and O–H groups in total. The van der Waals surface area contributed by atoms with Crippen LogP contribution in [-0.2, 0) is 30.5 Å². The fraction of sp³-hybridized carbons (Fsp3) is 0.304. The molecule has 3 heterocycles. The van der Waals surface area contributed by atoms with E-state index in [4.69, 9.17) is 0 Å². The fourth-order valence-corrected chi connectivity index (χ4v) is 6.27. The largest absolute Gasteiger partial charge is 0.310 e. The second-order valence-electron chi connectivity index (χ2n) is 7.90.